The first-order chi connectivity index (χ1) is 13.4. The second-order valence-electron chi connectivity index (χ2n) is 5.76. The Morgan fingerprint density at radius 1 is 1.11 bits per heavy atom. The van der Waals surface area contributed by atoms with Crippen molar-refractivity contribution in [1.29, 1.82) is 0 Å². The fourth-order valence-electron chi connectivity index (χ4n) is 2.33. The van der Waals surface area contributed by atoms with Crippen molar-refractivity contribution in [1.82, 2.24) is 0 Å². The second-order valence-corrected chi connectivity index (χ2v) is 7.53. The van der Waals surface area contributed by atoms with Gasteiger partial charge >= 0.3 is 0 Å². The molecule has 0 saturated heterocycles. The van der Waals surface area contributed by atoms with Gasteiger partial charge in [0.15, 0.2) is 0 Å². The number of hydrogen-bond donors (Lipinski definition) is 2. The summed E-state index contributed by atoms with van der Waals surface area (Å²) in [4.78, 5) is 24.7. The van der Waals surface area contributed by atoms with E-state index in [4.69, 9.17) is 21.1 Å². The average molecular weight is 423 g/mol. The lowest BCUT2D eigenvalue weighted by atomic mass is 10.3. The lowest BCUT2D eigenvalue weighted by Gasteiger charge is -2.15. The van der Waals surface area contributed by atoms with Gasteiger partial charge in [-0.3, -0.25) is 9.59 Å². The monoisotopic (exact) mass is 422 g/mol. The van der Waals surface area contributed by atoms with Crippen molar-refractivity contribution in [3.05, 3.63) is 47.5 Å². The SMILES string of the molecule is CCOc1ccccc1NC(=O)CSC(C)C(=O)Nc1cc(Cl)ccc1OC. The van der Waals surface area contributed by atoms with Gasteiger partial charge in [0.25, 0.3) is 0 Å². The van der Waals surface area contributed by atoms with E-state index in [1.165, 1.54) is 18.9 Å². The number of rotatable bonds is 9. The summed E-state index contributed by atoms with van der Waals surface area (Å²) in [6.07, 6.45) is 0. The molecule has 0 fully saturated rings. The van der Waals surface area contributed by atoms with Gasteiger partial charge in [-0.15, -0.1) is 11.8 Å². The van der Waals surface area contributed by atoms with Crippen LogP contribution in [0.1, 0.15) is 13.8 Å². The Bertz CT molecular complexity index is 832. The van der Waals surface area contributed by atoms with Crippen LogP contribution < -0.4 is 20.1 Å². The van der Waals surface area contributed by atoms with Crippen LogP contribution >= 0.6 is 23.4 Å². The molecule has 28 heavy (non-hydrogen) atoms. The molecule has 0 aromatic heterocycles. The number of carbonyl (C=O) groups excluding carboxylic acids is 2. The molecule has 1 unspecified atom stereocenters. The van der Waals surface area contributed by atoms with Crippen molar-refractivity contribution >= 4 is 46.6 Å². The van der Waals surface area contributed by atoms with Gasteiger partial charge in [-0.05, 0) is 44.2 Å². The number of para-hydroxylation sites is 2. The molecular formula is C20H23ClN2O4S. The van der Waals surface area contributed by atoms with E-state index in [0.717, 1.165) is 0 Å². The molecule has 0 aliphatic rings. The van der Waals surface area contributed by atoms with E-state index < -0.39 is 5.25 Å². The van der Waals surface area contributed by atoms with Crippen molar-refractivity contribution in [3.63, 3.8) is 0 Å². The first kappa shape index (κ1) is 21.9. The summed E-state index contributed by atoms with van der Waals surface area (Å²) in [6.45, 7) is 4.12. The van der Waals surface area contributed by atoms with Crippen molar-refractivity contribution in [2.45, 2.75) is 19.1 Å². The maximum atomic E-state index is 12.4. The van der Waals surface area contributed by atoms with Gasteiger partial charge < -0.3 is 20.1 Å². The van der Waals surface area contributed by atoms with Crippen molar-refractivity contribution < 1.29 is 19.1 Å². The molecule has 0 saturated carbocycles. The summed E-state index contributed by atoms with van der Waals surface area (Å²) in [5.41, 5.74) is 1.10. The minimum atomic E-state index is -0.448. The number of methoxy groups -OCH3 is 1. The minimum absolute atomic E-state index is 0.127. The van der Waals surface area contributed by atoms with Crippen LogP contribution in [-0.2, 0) is 9.59 Å². The smallest absolute Gasteiger partial charge is 0.237 e. The number of carbonyl (C=O) groups is 2. The van der Waals surface area contributed by atoms with Gasteiger partial charge in [0.1, 0.15) is 11.5 Å². The van der Waals surface area contributed by atoms with Gasteiger partial charge in [0.05, 0.1) is 36.1 Å². The molecule has 2 aromatic rings. The fraction of sp³-hybridized carbons (Fsp3) is 0.300. The largest absolute Gasteiger partial charge is 0.495 e. The van der Waals surface area contributed by atoms with E-state index in [-0.39, 0.29) is 17.6 Å². The molecule has 2 amide bonds. The predicted octanol–water partition coefficient (Wildman–Crippen LogP) is 4.45. The Hall–Kier alpha value is -2.38. The van der Waals surface area contributed by atoms with Crippen LogP contribution in [0.5, 0.6) is 11.5 Å². The number of halogens is 1. The second kappa shape index (κ2) is 10.8. The van der Waals surface area contributed by atoms with E-state index in [2.05, 4.69) is 10.6 Å². The molecule has 0 spiro atoms. The van der Waals surface area contributed by atoms with E-state index in [9.17, 15) is 9.59 Å². The van der Waals surface area contributed by atoms with Crippen molar-refractivity contribution in [2.24, 2.45) is 0 Å². The first-order valence-electron chi connectivity index (χ1n) is 8.72. The molecule has 8 heteroatoms. The van der Waals surface area contributed by atoms with Crippen LogP contribution in [0.25, 0.3) is 0 Å². The molecular weight excluding hydrogens is 400 g/mol. The van der Waals surface area contributed by atoms with Gasteiger partial charge in [-0.2, -0.15) is 0 Å². The van der Waals surface area contributed by atoms with Gasteiger partial charge in [-0.1, -0.05) is 23.7 Å². The number of nitrogens with one attached hydrogen (secondary N) is 2. The van der Waals surface area contributed by atoms with Crippen LogP contribution in [-0.4, -0.2) is 36.5 Å². The highest BCUT2D eigenvalue weighted by atomic mass is 35.5. The Balaban J connectivity index is 1.89. The van der Waals surface area contributed by atoms with Crippen molar-refractivity contribution in [3.8, 4) is 11.5 Å². The zero-order chi connectivity index (χ0) is 20.5. The van der Waals surface area contributed by atoms with Gasteiger partial charge in [-0.25, -0.2) is 0 Å². The van der Waals surface area contributed by atoms with Gasteiger partial charge in [0.2, 0.25) is 11.8 Å². The Kier molecular flexibility index (Phi) is 8.47. The Labute approximate surface area is 173 Å². The molecule has 0 radical (unpaired) electrons. The maximum absolute atomic E-state index is 12.4. The molecule has 1 atom stereocenters. The first-order valence-corrected chi connectivity index (χ1v) is 10.1. The third kappa shape index (κ3) is 6.35. The zero-order valence-electron chi connectivity index (χ0n) is 16.0. The number of hydrogen-bond acceptors (Lipinski definition) is 5. The lowest BCUT2D eigenvalue weighted by Crippen LogP contribution is -2.25. The van der Waals surface area contributed by atoms with Crippen LogP contribution in [0.3, 0.4) is 0 Å². The summed E-state index contributed by atoms with van der Waals surface area (Å²) in [7, 11) is 1.52. The molecule has 0 bridgehead atoms. The van der Waals surface area contributed by atoms with E-state index in [1.807, 2.05) is 19.1 Å². The van der Waals surface area contributed by atoms with Crippen LogP contribution in [0.15, 0.2) is 42.5 Å². The highest BCUT2D eigenvalue weighted by Gasteiger charge is 2.18. The fourth-order valence-corrected chi connectivity index (χ4v) is 3.18. The van der Waals surface area contributed by atoms with Crippen LogP contribution in [0.4, 0.5) is 11.4 Å². The summed E-state index contributed by atoms with van der Waals surface area (Å²) >= 11 is 7.21. The third-order valence-corrected chi connectivity index (χ3v) is 5.09. The average Bonchev–Trinajstić information content (AvgIpc) is 2.68. The van der Waals surface area contributed by atoms with Crippen LogP contribution in [0.2, 0.25) is 5.02 Å². The predicted molar refractivity (Wildman–Crippen MR) is 115 cm³/mol. The lowest BCUT2D eigenvalue weighted by molar-refractivity contribution is -0.115. The molecule has 2 aromatic carbocycles. The summed E-state index contributed by atoms with van der Waals surface area (Å²) in [5.74, 6) is 0.800. The van der Waals surface area contributed by atoms with E-state index in [0.29, 0.717) is 34.5 Å². The van der Waals surface area contributed by atoms with Crippen LogP contribution in [0, 0.1) is 0 Å². The highest BCUT2D eigenvalue weighted by molar-refractivity contribution is 8.01. The number of thioether (sulfide) groups is 1. The Morgan fingerprint density at radius 2 is 1.86 bits per heavy atom. The van der Waals surface area contributed by atoms with Crippen molar-refractivity contribution in [2.75, 3.05) is 30.1 Å². The molecule has 0 aliphatic carbocycles. The summed E-state index contributed by atoms with van der Waals surface area (Å²) < 4.78 is 10.7. The maximum Gasteiger partial charge on any atom is 0.237 e. The number of anilines is 2. The topological polar surface area (TPSA) is 76.7 Å². The molecule has 150 valence electrons. The number of ether oxygens (including phenoxy) is 2. The Morgan fingerprint density at radius 3 is 2.57 bits per heavy atom. The van der Waals surface area contributed by atoms with E-state index in [1.54, 1.807) is 37.3 Å². The molecule has 0 aliphatic heterocycles. The molecule has 2 N–H and O–H groups in total. The number of amides is 2. The quantitative estimate of drug-likeness (QED) is 0.624. The van der Waals surface area contributed by atoms with E-state index >= 15 is 0 Å². The standard InChI is InChI=1S/C20H23ClN2O4S/c1-4-27-18-8-6-5-7-15(18)22-19(24)12-28-13(2)20(25)23-16-11-14(21)9-10-17(16)26-3/h5-11,13H,4,12H2,1-3H3,(H,22,24)(H,23,25). The summed E-state index contributed by atoms with van der Waals surface area (Å²) in [6, 6.07) is 12.2. The number of benzene rings is 2. The molecule has 6 nitrogen and oxygen atoms in total. The highest BCUT2D eigenvalue weighted by Crippen LogP contribution is 2.28. The third-order valence-electron chi connectivity index (χ3n) is 3.71. The summed E-state index contributed by atoms with van der Waals surface area (Å²) in [5, 5.41) is 5.63. The normalized spacial score (nSPS) is 11.4. The minimum Gasteiger partial charge on any atom is -0.495 e. The molecule has 2 rings (SSSR count). The zero-order valence-corrected chi connectivity index (χ0v) is 17.5. The molecule has 0 heterocycles. The van der Waals surface area contributed by atoms with Gasteiger partial charge in [0, 0.05) is 5.02 Å².